The summed E-state index contributed by atoms with van der Waals surface area (Å²) in [5.74, 6) is 0.402. The summed E-state index contributed by atoms with van der Waals surface area (Å²) in [5, 5.41) is 0.0207. The number of carbonyl (C=O) groups is 2. The molecule has 12 heteroatoms. The van der Waals surface area contributed by atoms with Crippen LogP contribution in [0.3, 0.4) is 0 Å². The molecule has 1 spiro atoms. The van der Waals surface area contributed by atoms with Gasteiger partial charge in [-0.15, -0.1) is 0 Å². The van der Waals surface area contributed by atoms with Crippen molar-refractivity contribution in [1.29, 1.82) is 0 Å². The van der Waals surface area contributed by atoms with Crippen LogP contribution in [0.15, 0.2) is 6.07 Å². The number of alkyl halides is 3. The maximum absolute atomic E-state index is 13.4. The number of halogens is 4. The van der Waals surface area contributed by atoms with Crippen LogP contribution in [0.25, 0.3) is 0 Å². The first-order valence-corrected chi connectivity index (χ1v) is 11.6. The SMILES string of the molecule is CC(OC(=O)N1CCC2(CCCN2C(=O)c2cc(N3CCCC3)nc(Cl)n2)CC1)C(F)(F)F. The Balaban J connectivity index is 1.44. The summed E-state index contributed by atoms with van der Waals surface area (Å²) in [6, 6.07) is 1.68. The molecule has 3 saturated heterocycles. The van der Waals surface area contributed by atoms with E-state index in [1.165, 1.54) is 4.90 Å². The van der Waals surface area contributed by atoms with E-state index >= 15 is 0 Å². The van der Waals surface area contributed by atoms with Crippen molar-refractivity contribution in [3.8, 4) is 0 Å². The van der Waals surface area contributed by atoms with Gasteiger partial charge in [-0.2, -0.15) is 13.2 Å². The smallest absolute Gasteiger partial charge is 0.425 e. The monoisotopic (exact) mass is 489 g/mol. The molecule has 33 heavy (non-hydrogen) atoms. The van der Waals surface area contributed by atoms with Crippen molar-refractivity contribution in [3.63, 3.8) is 0 Å². The highest BCUT2D eigenvalue weighted by Crippen LogP contribution is 2.40. The van der Waals surface area contributed by atoms with Crippen LogP contribution in [0.2, 0.25) is 5.28 Å². The summed E-state index contributed by atoms with van der Waals surface area (Å²) in [7, 11) is 0. The Morgan fingerprint density at radius 3 is 2.36 bits per heavy atom. The van der Waals surface area contributed by atoms with Crippen molar-refractivity contribution in [2.75, 3.05) is 37.6 Å². The van der Waals surface area contributed by atoms with Crippen LogP contribution in [0.5, 0.6) is 0 Å². The summed E-state index contributed by atoms with van der Waals surface area (Å²) in [6.07, 6.45) is -3.15. The van der Waals surface area contributed by atoms with Crippen LogP contribution in [-0.2, 0) is 4.74 Å². The highest BCUT2D eigenvalue weighted by Gasteiger charge is 2.47. The second-order valence-corrected chi connectivity index (χ2v) is 9.25. The second-order valence-electron chi connectivity index (χ2n) is 8.91. The fraction of sp³-hybridized carbons (Fsp3) is 0.714. The van der Waals surface area contributed by atoms with E-state index in [9.17, 15) is 22.8 Å². The zero-order valence-electron chi connectivity index (χ0n) is 18.4. The lowest BCUT2D eigenvalue weighted by atomic mass is 9.85. The first-order chi connectivity index (χ1) is 15.6. The molecule has 0 aliphatic carbocycles. The van der Waals surface area contributed by atoms with E-state index in [1.54, 1.807) is 11.0 Å². The summed E-state index contributed by atoms with van der Waals surface area (Å²) in [5.41, 5.74) is -0.228. The van der Waals surface area contributed by atoms with Crippen molar-refractivity contribution in [2.24, 2.45) is 0 Å². The second kappa shape index (κ2) is 9.15. The number of anilines is 1. The minimum atomic E-state index is -4.60. The molecule has 0 radical (unpaired) electrons. The molecular weight excluding hydrogens is 463 g/mol. The van der Waals surface area contributed by atoms with E-state index in [-0.39, 0.29) is 30.0 Å². The Morgan fingerprint density at radius 1 is 1.06 bits per heavy atom. The molecule has 3 aliphatic heterocycles. The van der Waals surface area contributed by atoms with Crippen molar-refractivity contribution in [2.45, 2.75) is 63.3 Å². The molecular formula is C21H27ClF3N5O3. The molecule has 182 valence electrons. The number of rotatable bonds is 3. The maximum Gasteiger partial charge on any atom is 0.425 e. The van der Waals surface area contributed by atoms with Gasteiger partial charge < -0.3 is 19.4 Å². The quantitative estimate of drug-likeness (QED) is 0.599. The first-order valence-electron chi connectivity index (χ1n) is 11.2. The Labute approximate surface area is 195 Å². The van der Waals surface area contributed by atoms with Crippen LogP contribution >= 0.6 is 11.6 Å². The molecule has 0 bridgehead atoms. The number of nitrogens with zero attached hydrogens (tertiary/aromatic N) is 5. The molecule has 0 saturated carbocycles. The van der Waals surface area contributed by atoms with E-state index in [2.05, 4.69) is 19.6 Å². The molecule has 3 fully saturated rings. The molecule has 0 N–H and O–H groups in total. The van der Waals surface area contributed by atoms with Crippen molar-refractivity contribution < 1.29 is 27.5 Å². The predicted molar refractivity (Wildman–Crippen MR) is 114 cm³/mol. The van der Waals surface area contributed by atoms with Gasteiger partial charge in [0.05, 0.1) is 0 Å². The maximum atomic E-state index is 13.4. The van der Waals surface area contributed by atoms with Crippen LogP contribution in [0.4, 0.5) is 23.8 Å². The molecule has 1 aromatic heterocycles. The minimum absolute atomic E-state index is 0.0207. The van der Waals surface area contributed by atoms with Gasteiger partial charge in [0, 0.05) is 44.3 Å². The largest absolute Gasteiger partial charge is 0.437 e. The topological polar surface area (TPSA) is 78.9 Å². The molecule has 1 unspecified atom stereocenters. The van der Waals surface area contributed by atoms with Gasteiger partial charge in [0.15, 0.2) is 6.10 Å². The average molecular weight is 490 g/mol. The van der Waals surface area contributed by atoms with Gasteiger partial charge >= 0.3 is 12.3 Å². The minimum Gasteiger partial charge on any atom is -0.437 e. The highest BCUT2D eigenvalue weighted by molar-refractivity contribution is 6.28. The lowest BCUT2D eigenvalue weighted by Gasteiger charge is -2.44. The van der Waals surface area contributed by atoms with Gasteiger partial charge in [-0.3, -0.25) is 4.79 Å². The Hall–Kier alpha value is -2.30. The molecule has 2 amide bonds. The number of hydrogen-bond donors (Lipinski definition) is 0. The van der Waals surface area contributed by atoms with Crippen molar-refractivity contribution >= 4 is 29.4 Å². The van der Waals surface area contributed by atoms with Crippen LogP contribution < -0.4 is 4.90 Å². The molecule has 1 atom stereocenters. The zero-order chi connectivity index (χ0) is 23.8. The van der Waals surface area contributed by atoms with Crippen molar-refractivity contribution in [1.82, 2.24) is 19.8 Å². The Bertz CT molecular complexity index is 902. The number of carbonyl (C=O) groups excluding carboxylic acids is 2. The molecule has 8 nitrogen and oxygen atoms in total. The summed E-state index contributed by atoms with van der Waals surface area (Å²) >= 11 is 6.13. The Morgan fingerprint density at radius 2 is 1.73 bits per heavy atom. The third-order valence-corrected chi connectivity index (χ3v) is 7.04. The fourth-order valence-corrected chi connectivity index (χ4v) is 5.11. The first kappa shape index (κ1) is 23.8. The molecule has 4 heterocycles. The predicted octanol–water partition coefficient (Wildman–Crippen LogP) is 3.89. The fourth-order valence-electron chi connectivity index (χ4n) is 4.94. The summed E-state index contributed by atoms with van der Waals surface area (Å²) in [6.45, 7) is 3.51. The lowest BCUT2D eigenvalue weighted by molar-refractivity contribution is -0.200. The number of piperidine rings is 1. The van der Waals surface area contributed by atoms with Gasteiger partial charge in [0.25, 0.3) is 5.91 Å². The van der Waals surface area contributed by atoms with Gasteiger partial charge in [-0.05, 0) is 57.0 Å². The van der Waals surface area contributed by atoms with E-state index < -0.39 is 23.9 Å². The number of amides is 2. The van der Waals surface area contributed by atoms with Gasteiger partial charge in [0.2, 0.25) is 5.28 Å². The van der Waals surface area contributed by atoms with Crippen LogP contribution in [-0.4, -0.2) is 82.3 Å². The van der Waals surface area contributed by atoms with E-state index in [0.717, 1.165) is 45.7 Å². The van der Waals surface area contributed by atoms with E-state index in [4.69, 9.17) is 11.6 Å². The third kappa shape index (κ3) is 4.97. The lowest BCUT2D eigenvalue weighted by Crippen LogP contribution is -2.55. The van der Waals surface area contributed by atoms with E-state index in [1.807, 2.05) is 0 Å². The van der Waals surface area contributed by atoms with Gasteiger partial charge in [-0.1, -0.05) is 0 Å². The third-order valence-electron chi connectivity index (χ3n) is 6.87. The van der Waals surface area contributed by atoms with Crippen LogP contribution in [0.1, 0.15) is 55.9 Å². The number of hydrogen-bond acceptors (Lipinski definition) is 6. The van der Waals surface area contributed by atoms with Gasteiger partial charge in [0.1, 0.15) is 11.5 Å². The van der Waals surface area contributed by atoms with Crippen LogP contribution in [0, 0.1) is 0 Å². The number of ether oxygens (including phenoxy) is 1. The Kier molecular flexibility index (Phi) is 6.61. The average Bonchev–Trinajstić information content (AvgIpc) is 3.43. The summed E-state index contributed by atoms with van der Waals surface area (Å²) < 4.78 is 42.7. The number of aromatic nitrogens is 2. The normalized spacial score (nSPS) is 21.5. The molecule has 1 aromatic rings. The van der Waals surface area contributed by atoms with E-state index in [0.29, 0.717) is 25.2 Å². The van der Waals surface area contributed by atoms with Crippen molar-refractivity contribution in [3.05, 3.63) is 17.0 Å². The molecule has 4 rings (SSSR count). The number of likely N-dealkylation sites (tertiary alicyclic amines) is 2. The van der Waals surface area contributed by atoms with Gasteiger partial charge in [-0.25, -0.2) is 14.8 Å². The zero-order valence-corrected chi connectivity index (χ0v) is 19.2. The standard InChI is InChI=1S/C21H27ClF3N5O3/c1-14(21(23,24)25)33-19(32)29-11-6-20(7-12-29)5-4-10-30(20)17(31)15-13-16(27-18(22)26-15)28-8-2-3-9-28/h13-14H,2-12H2,1H3. The molecule has 0 aromatic carbocycles. The highest BCUT2D eigenvalue weighted by atomic mass is 35.5. The summed E-state index contributed by atoms with van der Waals surface area (Å²) in [4.78, 5) is 39.2. The molecule has 3 aliphatic rings.